The van der Waals surface area contributed by atoms with E-state index in [0.29, 0.717) is 18.1 Å². The van der Waals surface area contributed by atoms with Crippen LogP contribution in [0.5, 0.6) is 0 Å². The largest absolute Gasteiger partial charge is 0.288 e. The molecule has 0 aliphatic heterocycles. The van der Waals surface area contributed by atoms with E-state index in [1.807, 2.05) is 32.0 Å². The van der Waals surface area contributed by atoms with Crippen molar-refractivity contribution in [3.8, 4) is 0 Å². The molecule has 2 heterocycles. The second-order valence-electron chi connectivity index (χ2n) is 5.39. The average Bonchev–Trinajstić information content (AvgIpc) is 3.13. The highest BCUT2D eigenvalue weighted by Gasteiger charge is 2.17. The predicted molar refractivity (Wildman–Crippen MR) is 91.2 cm³/mol. The summed E-state index contributed by atoms with van der Waals surface area (Å²) in [5, 5.41) is 11.3. The Labute approximate surface area is 144 Å². The van der Waals surface area contributed by atoms with Gasteiger partial charge in [-0.05, 0) is 19.4 Å². The van der Waals surface area contributed by atoms with Gasteiger partial charge in [-0.15, -0.1) is 5.10 Å². The molecule has 124 valence electrons. The van der Waals surface area contributed by atoms with Gasteiger partial charge in [0.25, 0.3) is 5.91 Å². The fraction of sp³-hybridized carbons (Fsp3) is 0.250. The summed E-state index contributed by atoms with van der Waals surface area (Å²) >= 11 is 6.02. The highest BCUT2D eigenvalue weighted by molar-refractivity contribution is 6.34. The molecular weight excluding hydrogens is 328 g/mol. The Balaban J connectivity index is 1.69. The first-order chi connectivity index (χ1) is 11.5. The van der Waals surface area contributed by atoms with Crippen LogP contribution in [0.1, 0.15) is 28.5 Å². The maximum atomic E-state index is 12.2. The minimum absolute atomic E-state index is 0.161. The molecule has 3 aromatic rings. The Morgan fingerprint density at radius 1 is 1.29 bits per heavy atom. The van der Waals surface area contributed by atoms with Gasteiger partial charge >= 0.3 is 0 Å². The third-order valence-electron chi connectivity index (χ3n) is 3.44. The van der Waals surface area contributed by atoms with Crippen molar-refractivity contribution in [1.29, 1.82) is 0 Å². The molecule has 7 nitrogen and oxygen atoms in total. The molecule has 0 bridgehead atoms. The van der Waals surface area contributed by atoms with Crippen LogP contribution in [0, 0.1) is 6.92 Å². The van der Waals surface area contributed by atoms with Crippen molar-refractivity contribution in [2.75, 3.05) is 5.32 Å². The molecule has 0 aliphatic carbocycles. The first kappa shape index (κ1) is 16.2. The van der Waals surface area contributed by atoms with Crippen molar-refractivity contribution in [3.05, 3.63) is 58.6 Å². The Morgan fingerprint density at radius 3 is 2.83 bits per heavy atom. The lowest BCUT2D eigenvalue weighted by molar-refractivity contribution is 0.102. The zero-order valence-electron chi connectivity index (χ0n) is 13.4. The van der Waals surface area contributed by atoms with Crippen LogP contribution >= 0.6 is 11.6 Å². The summed E-state index contributed by atoms with van der Waals surface area (Å²) in [4.78, 5) is 16.3. The Hall–Kier alpha value is -2.67. The minimum Gasteiger partial charge on any atom is -0.288 e. The predicted octanol–water partition coefficient (Wildman–Crippen LogP) is 2.76. The van der Waals surface area contributed by atoms with E-state index < -0.39 is 5.91 Å². The third-order valence-corrected chi connectivity index (χ3v) is 3.72. The van der Waals surface area contributed by atoms with Gasteiger partial charge in [-0.1, -0.05) is 41.4 Å². The molecule has 0 saturated heterocycles. The number of benzene rings is 1. The molecule has 24 heavy (non-hydrogen) atoms. The SMILES string of the molecule is CCn1cc(Cl)c(C(=O)Nc2ncn(Cc3cccc(C)c3)n2)n1. The number of hydrogen-bond acceptors (Lipinski definition) is 4. The number of hydrogen-bond donors (Lipinski definition) is 1. The molecule has 0 saturated carbocycles. The van der Waals surface area contributed by atoms with E-state index in [1.165, 1.54) is 5.56 Å². The summed E-state index contributed by atoms with van der Waals surface area (Å²) in [6, 6.07) is 8.13. The average molecular weight is 345 g/mol. The molecule has 0 spiro atoms. The van der Waals surface area contributed by atoms with Gasteiger partial charge in [0.05, 0.1) is 11.6 Å². The van der Waals surface area contributed by atoms with E-state index in [0.717, 1.165) is 5.56 Å². The van der Waals surface area contributed by atoms with Crippen molar-refractivity contribution in [2.45, 2.75) is 26.9 Å². The van der Waals surface area contributed by atoms with Crippen LogP contribution in [0.4, 0.5) is 5.95 Å². The Bertz CT molecular complexity index is 869. The molecule has 0 radical (unpaired) electrons. The zero-order valence-corrected chi connectivity index (χ0v) is 14.2. The smallest absolute Gasteiger partial charge is 0.280 e. The molecule has 0 unspecified atom stereocenters. The Morgan fingerprint density at radius 2 is 2.12 bits per heavy atom. The van der Waals surface area contributed by atoms with Crippen LogP contribution in [-0.2, 0) is 13.1 Å². The molecule has 8 heteroatoms. The van der Waals surface area contributed by atoms with Crippen molar-refractivity contribution >= 4 is 23.5 Å². The molecule has 0 atom stereocenters. The van der Waals surface area contributed by atoms with Crippen molar-refractivity contribution < 1.29 is 4.79 Å². The summed E-state index contributed by atoms with van der Waals surface area (Å²) < 4.78 is 3.26. The summed E-state index contributed by atoms with van der Waals surface area (Å²) in [5.74, 6) is -0.213. The van der Waals surface area contributed by atoms with Crippen LogP contribution in [0.25, 0.3) is 0 Å². The number of rotatable bonds is 5. The normalized spacial score (nSPS) is 10.8. The summed E-state index contributed by atoms with van der Waals surface area (Å²) in [6.45, 7) is 5.17. The number of halogens is 1. The standard InChI is InChI=1S/C16H17ClN6O/c1-3-22-9-13(17)14(20-22)15(24)19-16-18-10-23(21-16)8-12-6-4-5-11(2)7-12/h4-7,9-10H,3,8H2,1-2H3,(H,19,21,24). The van der Waals surface area contributed by atoms with E-state index in [9.17, 15) is 4.79 Å². The monoisotopic (exact) mass is 344 g/mol. The van der Waals surface area contributed by atoms with Crippen LogP contribution in [-0.4, -0.2) is 30.5 Å². The van der Waals surface area contributed by atoms with E-state index >= 15 is 0 Å². The van der Waals surface area contributed by atoms with Crippen LogP contribution in [0.15, 0.2) is 36.8 Å². The fourth-order valence-corrected chi connectivity index (χ4v) is 2.54. The first-order valence-corrected chi connectivity index (χ1v) is 7.92. The van der Waals surface area contributed by atoms with Gasteiger partial charge in [0, 0.05) is 12.7 Å². The zero-order chi connectivity index (χ0) is 17.1. The highest BCUT2D eigenvalue weighted by atomic mass is 35.5. The molecular formula is C16H17ClN6O. The van der Waals surface area contributed by atoms with Crippen LogP contribution in [0.2, 0.25) is 5.02 Å². The number of aryl methyl sites for hydroxylation is 2. The second kappa shape index (κ2) is 6.84. The van der Waals surface area contributed by atoms with Crippen LogP contribution in [0.3, 0.4) is 0 Å². The molecule has 3 rings (SSSR count). The minimum atomic E-state index is -0.430. The summed E-state index contributed by atoms with van der Waals surface area (Å²) in [7, 11) is 0. The fourth-order valence-electron chi connectivity index (χ4n) is 2.30. The number of carbonyl (C=O) groups excluding carboxylic acids is 1. The lowest BCUT2D eigenvalue weighted by Gasteiger charge is -2.02. The lowest BCUT2D eigenvalue weighted by Crippen LogP contribution is -2.15. The molecule has 0 fully saturated rings. The molecule has 0 aliphatic rings. The number of anilines is 1. The number of nitrogens with zero attached hydrogens (tertiary/aromatic N) is 5. The molecule has 1 aromatic carbocycles. The van der Waals surface area contributed by atoms with Crippen LogP contribution < -0.4 is 5.32 Å². The number of carbonyl (C=O) groups is 1. The van der Waals surface area contributed by atoms with Gasteiger partial charge in [0.15, 0.2) is 5.69 Å². The first-order valence-electron chi connectivity index (χ1n) is 7.54. The molecule has 2 aromatic heterocycles. The van der Waals surface area contributed by atoms with Gasteiger partial charge in [-0.3, -0.25) is 14.8 Å². The van der Waals surface area contributed by atoms with Gasteiger partial charge < -0.3 is 0 Å². The number of aromatic nitrogens is 5. The number of amides is 1. The maximum Gasteiger partial charge on any atom is 0.280 e. The second-order valence-corrected chi connectivity index (χ2v) is 5.80. The summed E-state index contributed by atoms with van der Waals surface area (Å²) in [6.07, 6.45) is 3.18. The van der Waals surface area contributed by atoms with Crippen molar-refractivity contribution in [1.82, 2.24) is 24.5 Å². The van der Waals surface area contributed by atoms with Gasteiger partial charge in [0.2, 0.25) is 5.95 Å². The van der Waals surface area contributed by atoms with Gasteiger partial charge in [-0.2, -0.15) is 5.10 Å². The van der Waals surface area contributed by atoms with Crippen molar-refractivity contribution in [2.24, 2.45) is 0 Å². The van der Waals surface area contributed by atoms with Crippen molar-refractivity contribution in [3.63, 3.8) is 0 Å². The lowest BCUT2D eigenvalue weighted by atomic mass is 10.1. The van der Waals surface area contributed by atoms with Gasteiger partial charge in [-0.25, -0.2) is 9.67 Å². The Kier molecular flexibility index (Phi) is 4.61. The number of nitrogens with one attached hydrogen (secondary N) is 1. The molecule has 1 N–H and O–H groups in total. The van der Waals surface area contributed by atoms with E-state index in [4.69, 9.17) is 11.6 Å². The summed E-state index contributed by atoms with van der Waals surface area (Å²) in [5.41, 5.74) is 2.46. The van der Waals surface area contributed by atoms with Gasteiger partial charge in [0.1, 0.15) is 6.33 Å². The topological polar surface area (TPSA) is 77.6 Å². The maximum absolute atomic E-state index is 12.2. The van der Waals surface area contributed by atoms with E-state index in [2.05, 4.69) is 26.6 Å². The third kappa shape index (κ3) is 3.62. The highest BCUT2D eigenvalue weighted by Crippen LogP contribution is 2.15. The quantitative estimate of drug-likeness (QED) is 0.772. The van der Waals surface area contributed by atoms with E-state index in [-0.39, 0.29) is 11.6 Å². The van der Waals surface area contributed by atoms with E-state index in [1.54, 1.807) is 21.9 Å². The molecule has 1 amide bonds.